The van der Waals surface area contributed by atoms with Gasteiger partial charge in [0.25, 0.3) is 0 Å². The molecule has 1 aromatic carbocycles. The Kier molecular flexibility index (Phi) is 3.85. The maximum absolute atomic E-state index is 10.0. The van der Waals surface area contributed by atoms with Gasteiger partial charge in [0.2, 0.25) is 0 Å². The van der Waals surface area contributed by atoms with E-state index in [-0.39, 0.29) is 12.1 Å². The number of hydrogen-bond donors (Lipinski definition) is 1. The van der Waals surface area contributed by atoms with Gasteiger partial charge in [0.1, 0.15) is 5.75 Å². The molecule has 1 aromatic heterocycles. The van der Waals surface area contributed by atoms with E-state index in [1.54, 1.807) is 11.8 Å². The van der Waals surface area contributed by atoms with Gasteiger partial charge in [-0.3, -0.25) is 4.90 Å². The lowest BCUT2D eigenvalue weighted by molar-refractivity contribution is 0.170. The van der Waals surface area contributed by atoms with E-state index in [0.717, 1.165) is 17.1 Å². The zero-order chi connectivity index (χ0) is 14.8. The number of β-amino-alcohol motifs (C(OH)–C–C–N with tert-alkyl or cyclic N) is 1. The van der Waals surface area contributed by atoms with Crippen LogP contribution in [0.15, 0.2) is 24.3 Å². The van der Waals surface area contributed by atoms with E-state index >= 15 is 0 Å². The average molecular weight is 289 g/mol. The lowest BCUT2D eigenvalue weighted by Gasteiger charge is -2.23. The second-order valence-electron chi connectivity index (χ2n) is 5.33. The van der Waals surface area contributed by atoms with Gasteiger partial charge in [-0.25, -0.2) is 4.68 Å². The van der Waals surface area contributed by atoms with E-state index < -0.39 is 0 Å². The minimum atomic E-state index is -0.331. The highest BCUT2D eigenvalue weighted by atomic mass is 16.5. The molecule has 1 saturated heterocycles. The third kappa shape index (κ3) is 2.88. The van der Waals surface area contributed by atoms with Crippen LogP contribution in [0.1, 0.15) is 23.9 Å². The van der Waals surface area contributed by atoms with E-state index in [2.05, 4.69) is 26.5 Å². The van der Waals surface area contributed by atoms with E-state index in [9.17, 15) is 5.11 Å². The highest BCUT2D eigenvalue weighted by Crippen LogP contribution is 2.34. The molecule has 21 heavy (non-hydrogen) atoms. The van der Waals surface area contributed by atoms with Crippen LogP contribution in [-0.2, 0) is 13.6 Å². The summed E-state index contributed by atoms with van der Waals surface area (Å²) in [6.45, 7) is 1.23. The highest BCUT2D eigenvalue weighted by Gasteiger charge is 2.33. The van der Waals surface area contributed by atoms with Crippen LogP contribution in [0.2, 0.25) is 0 Å². The van der Waals surface area contributed by atoms with Crippen molar-refractivity contribution >= 4 is 0 Å². The Hall–Kier alpha value is -1.99. The molecule has 0 amide bonds. The molecule has 1 N–H and O–H groups in total. The summed E-state index contributed by atoms with van der Waals surface area (Å²) in [6, 6.07) is 8.12. The summed E-state index contributed by atoms with van der Waals surface area (Å²) in [5.41, 5.74) is 1.14. The minimum absolute atomic E-state index is 0.145. The Balaban J connectivity index is 1.83. The first-order valence-corrected chi connectivity index (χ1v) is 6.94. The molecule has 7 heteroatoms. The summed E-state index contributed by atoms with van der Waals surface area (Å²) in [5, 5.41) is 21.6. The molecular weight excluding hydrogens is 270 g/mol. The number of benzene rings is 1. The zero-order valence-corrected chi connectivity index (χ0v) is 12.2. The van der Waals surface area contributed by atoms with Crippen LogP contribution in [-0.4, -0.2) is 50.0 Å². The molecule has 1 aliphatic heterocycles. The van der Waals surface area contributed by atoms with Gasteiger partial charge < -0.3 is 9.84 Å². The average Bonchev–Trinajstić information content (AvgIpc) is 3.06. The first kappa shape index (κ1) is 14.0. The van der Waals surface area contributed by atoms with Crippen molar-refractivity contribution < 1.29 is 9.84 Å². The first-order valence-electron chi connectivity index (χ1n) is 6.94. The molecule has 2 atom stereocenters. The predicted octanol–water partition coefficient (Wildman–Crippen LogP) is 0.527. The fourth-order valence-corrected chi connectivity index (χ4v) is 2.81. The largest absolute Gasteiger partial charge is 0.497 e. The van der Waals surface area contributed by atoms with Crippen molar-refractivity contribution in [1.29, 1.82) is 0 Å². The number of methoxy groups -OCH3 is 1. The van der Waals surface area contributed by atoms with E-state index in [1.807, 2.05) is 25.2 Å². The van der Waals surface area contributed by atoms with Crippen molar-refractivity contribution in [3.8, 4) is 5.75 Å². The Labute approximate surface area is 123 Å². The second kappa shape index (κ2) is 5.79. The molecule has 3 rings (SSSR count). The molecule has 2 aromatic rings. The van der Waals surface area contributed by atoms with E-state index in [1.165, 1.54) is 0 Å². The molecule has 0 radical (unpaired) electrons. The van der Waals surface area contributed by atoms with Crippen molar-refractivity contribution in [1.82, 2.24) is 25.1 Å². The Bertz CT molecular complexity index is 615. The van der Waals surface area contributed by atoms with Gasteiger partial charge in [0.15, 0.2) is 5.82 Å². The van der Waals surface area contributed by atoms with Gasteiger partial charge in [-0.05, 0) is 34.5 Å². The Morgan fingerprint density at radius 3 is 3.00 bits per heavy atom. The van der Waals surface area contributed by atoms with Crippen LogP contribution in [0.3, 0.4) is 0 Å². The lowest BCUT2D eigenvalue weighted by Crippen LogP contribution is -2.26. The first-order chi connectivity index (χ1) is 10.2. The second-order valence-corrected chi connectivity index (χ2v) is 5.33. The van der Waals surface area contributed by atoms with Crippen molar-refractivity contribution in [2.45, 2.75) is 25.1 Å². The molecule has 2 heterocycles. The van der Waals surface area contributed by atoms with Crippen LogP contribution in [0.5, 0.6) is 5.75 Å². The molecular formula is C14H19N5O2. The molecule has 1 fully saturated rings. The topological polar surface area (TPSA) is 76.3 Å². The van der Waals surface area contributed by atoms with Gasteiger partial charge in [0.05, 0.1) is 19.8 Å². The van der Waals surface area contributed by atoms with Crippen molar-refractivity contribution in [2.24, 2.45) is 7.05 Å². The third-order valence-electron chi connectivity index (χ3n) is 3.91. The number of tetrazole rings is 1. The molecule has 1 aliphatic rings. The number of aromatic nitrogens is 4. The smallest absolute Gasteiger partial charge is 0.165 e. The number of rotatable bonds is 4. The molecule has 7 nitrogen and oxygen atoms in total. The number of aryl methyl sites for hydroxylation is 1. The predicted molar refractivity (Wildman–Crippen MR) is 75.6 cm³/mol. The van der Waals surface area contributed by atoms with Crippen LogP contribution >= 0.6 is 0 Å². The van der Waals surface area contributed by atoms with Crippen molar-refractivity contribution in [2.75, 3.05) is 13.7 Å². The number of likely N-dealkylation sites (tertiary alicyclic amines) is 1. The standard InChI is InChI=1S/C14H19N5O2/c1-18-14(15-16-17-18)9-19-8-11(20)7-13(19)10-4-3-5-12(6-10)21-2/h3-6,11,13,20H,7-9H2,1-2H3/t11-,13+/m1/s1. The molecule has 0 unspecified atom stereocenters. The summed E-state index contributed by atoms with van der Waals surface area (Å²) < 4.78 is 6.94. The third-order valence-corrected chi connectivity index (χ3v) is 3.91. The van der Waals surface area contributed by atoms with Crippen LogP contribution in [0.4, 0.5) is 0 Å². The Morgan fingerprint density at radius 2 is 2.29 bits per heavy atom. The summed E-state index contributed by atoms with van der Waals surface area (Å²) in [5.74, 6) is 1.62. The number of hydrogen-bond acceptors (Lipinski definition) is 6. The number of nitrogens with zero attached hydrogens (tertiary/aromatic N) is 5. The number of aliphatic hydroxyl groups is 1. The fraction of sp³-hybridized carbons (Fsp3) is 0.500. The van der Waals surface area contributed by atoms with Gasteiger partial charge in [-0.15, -0.1) is 5.10 Å². The van der Waals surface area contributed by atoms with Gasteiger partial charge >= 0.3 is 0 Å². The van der Waals surface area contributed by atoms with Gasteiger partial charge in [0, 0.05) is 19.6 Å². The monoisotopic (exact) mass is 289 g/mol. The minimum Gasteiger partial charge on any atom is -0.497 e. The van der Waals surface area contributed by atoms with Crippen LogP contribution in [0, 0.1) is 0 Å². The summed E-state index contributed by atoms with van der Waals surface area (Å²) in [4.78, 5) is 2.20. The summed E-state index contributed by atoms with van der Waals surface area (Å²) >= 11 is 0. The molecule has 0 bridgehead atoms. The van der Waals surface area contributed by atoms with E-state index in [0.29, 0.717) is 19.5 Å². The van der Waals surface area contributed by atoms with Crippen LogP contribution < -0.4 is 4.74 Å². The van der Waals surface area contributed by atoms with Gasteiger partial charge in [-0.2, -0.15) is 0 Å². The normalized spacial score (nSPS) is 22.6. The van der Waals surface area contributed by atoms with Gasteiger partial charge in [-0.1, -0.05) is 12.1 Å². The van der Waals surface area contributed by atoms with Crippen molar-refractivity contribution in [3.63, 3.8) is 0 Å². The SMILES string of the molecule is COc1cccc([C@@H]2C[C@@H](O)CN2Cc2nnnn2C)c1. The van der Waals surface area contributed by atoms with Crippen molar-refractivity contribution in [3.05, 3.63) is 35.7 Å². The highest BCUT2D eigenvalue weighted by molar-refractivity contribution is 5.31. The summed E-state index contributed by atoms with van der Waals surface area (Å²) in [7, 11) is 3.48. The number of ether oxygens (including phenoxy) is 1. The molecule has 0 spiro atoms. The zero-order valence-electron chi connectivity index (χ0n) is 12.2. The lowest BCUT2D eigenvalue weighted by atomic mass is 10.0. The molecule has 0 aliphatic carbocycles. The Morgan fingerprint density at radius 1 is 1.43 bits per heavy atom. The number of aliphatic hydroxyl groups excluding tert-OH is 1. The molecule has 0 saturated carbocycles. The molecule has 112 valence electrons. The van der Waals surface area contributed by atoms with Crippen LogP contribution in [0.25, 0.3) is 0 Å². The van der Waals surface area contributed by atoms with E-state index in [4.69, 9.17) is 4.74 Å². The fourth-order valence-electron chi connectivity index (χ4n) is 2.81. The quantitative estimate of drug-likeness (QED) is 0.884. The maximum Gasteiger partial charge on any atom is 0.165 e. The maximum atomic E-state index is 10.0. The summed E-state index contributed by atoms with van der Waals surface area (Å²) in [6.07, 6.45) is 0.376.